The van der Waals surface area contributed by atoms with Crippen LogP contribution in [0.5, 0.6) is 0 Å². The minimum atomic E-state index is -0.142. The molecule has 0 spiro atoms. The first kappa shape index (κ1) is 20.3. The van der Waals surface area contributed by atoms with Crippen LogP contribution in [0, 0.1) is 11.8 Å². The predicted octanol–water partition coefficient (Wildman–Crippen LogP) is 4.67. The van der Waals surface area contributed by atoms with Crippen LogP contribution < -0.4 is 0 Å². The third-order valence-electron chi connectivity index (χ3n) is 3.58. The lowest BCUT2D eigenvalue weighted by atomic mass is 10.1. The maximum absolute atomic E-state index is 11.4. The molecule has 0 aliphatic rings. The van der Waals surface area contributed by atoms with Gasteiger partial charge in [-0.25, -0.2) is 0 Å². The Morgan fingerprint density at radius 1 is 1.08 bits per heavy atom. The second kappa shape index (κ2) is 13.6. The van der Waals surface area contributed by atoms with Crippen LogP contribution in [0.1, 0.15) is 63.5 Å². The van der Waals surface area contributed by atoms with Crippen molar-refractivity contribution in [2.24, 2.45) is 0 Å². The highest BCUT2D eigenvalue weighted by molar-refractivity contribution is 5.69. The third kappa shape index (κ3) is 10.1. The van der Waals surface area contributed by atoms with Crippen LogP contribution in [-0.2, 0) is 27.3 Å². The van der Waals surface area contributed by atoms with E-state index in [1.807, 2.05) is 25.1 Å². The zero-order valence-corrected chi connectivity index (χ0v) is 15.1. The molecule has 0 heterocycles. The molecule has 0 fully saturated rings. The van der Waals surface area contributed by atoms with Gasteiger partial charge in [0.15, 0.2) is 0 Å². The van der Waals surface area contributed by atoms with E-state index in [1.54, 1.807) is 0 Å². The Kier molecular flexibility index (Phi) is 11.5. The minimum absolute atomic E-state index is 0.142. The molecule has 1 aromatic rings. The Hall–Kier alpha value is -1.79. The summed E-state index contributed by atoms with van der Waals surface area (Å²) in [5, 5.41) is 0. The number of aryl methyl sites for hydroxylation is 1. The molecule has 3 heteroatoms. The largest absolute Gasteiger partial charge is 0.466 e. The van der Waals surface area contributed by atoms with Gasteiger partial charge in [-0.1, -0.05) is 44.0 Å². The zero-order chi connectivity index (χ0) is 17.5. The zero-order valence-electron chi connectivity index (χ0n) is 15.1. The SMILES string of the molecule is CCCCCC#CCCOCc1cccc(CCC(=O)OCC)c1. The Bertz CT molecular complexity index is 525. The van der Waals surface area contributed by atoms with Crippen molar-refractivity contribution in [3.8, 4) is 11.8 Å². The number of carbonyl (C=O) groups excluding carboxylic acids is 1. The lowest BCUT2D eigenvalue weighted by molar-refractivity contribution is -0.143. The summed E-state index contributed by atoms with van der Waals surface area (Å²) in [6, 6.07) is 8.18. The van der Waals surface area contributed by atoms with Gasteiger partial charge in [-0.15, -0.1) is 11.8 Å². The van der Waals surface area contributed by atoms with Crippen LogP contribution in [0.25, 0.3) is 0 Å². The average molecular weight is 330 g/mol. The highest BCUT2D eigenvalue weighted by atomic mass is 16.5. The smallest absolute Gasteiger partial charge is 0.306 e. The maximum atomic E-state index is 11.4. The highest BCUT2D eigenvalue weighted by Crippen LogP contribution is 2.09. The first-order valence-corrected chi connectivity index (χ1v) is 9.03. The molecule has 3 nitrogen and oxygen atoms in total. The van der Waals surface area contributed by atoms with Gasteiger partial charge in [0.05, 0.1) is 19.8 Å². The summed E-state index contributed by atoms with van der Waals surface area (Å²) in [5.74, 6) is 6.21. The van der Waals surface area contributed by atoms with Crippen molar-refractivity contribution in [1.29, 1.82) is 0 Å². The summed E-state index contributed by atoms with van der Waals surface area (Å²) in [4.78, 5) is 11.4. The normalized spacial score (nSPS) is 10.1. The van der Waals surface area contributed by atoms with Crippen LogP contribution in [0.4, 0.5) is 0 Å². The number of esters is 1. The monoisotopic (exact) mass is 330 g/mol. The number of rotatable bonds is 11. The molecule has 0 saturated carbocycles. The number of ether oxygens (including phenoxy) is 2. The fraction of sp³-hybridized carbons (Fsp3) is 0.571. The number of hydrogen-bond acceptors (Lipinski definition) is 3. The van der Waals surface area contributed by atoms with Crippen molar-refractivity contribution in [3.63, 3.8) is 0 Å². The summed E-state index contributed by atoms with van der Waals surface area (Å²) in [6.07, 6.45) is 6.61. The van der Waals surface area contributed by atoms with Gasteiger partial charge in [-0.2, -0.15) is 0 Å². The standard InChI is InChI=1S/C21H30O3/c1-3-5-6-7-8-9-10-16-23-18-20-13-11-12-19(17-20)14-15-21(22)24-4-2/h11-13,17H,3-7,10,14-16,18H2,1-2H3. The van der Waals surface area contributed by atoms with Gasteiger partial charge >= 0.3 is 5.97 Å². The molecule has 132 valence electrons. The Labute approximate surface area is 146 Å². The van der Waals surface area contributed by atoms with Crippen molar-refractivity contribution in [3.05, 3.63) is 35.4 Å². The van der Waals surface area contributed by atoms with Crippen LogP contribution >= 0.6 is 0 Å². The van der Waals surface area contributed by atoms with Gasteiger partial charge in [0.25, 0.3) is 0 Å². The lowest BCUT2D eigenvalue weighted by Gasteiger charge is -2.06. The van der Waals surface area contributed by atoms with Gasteiger partial charge in [-0.05, 0) is 30.9 Å². The number of unbranched alkanes of at least 4 members (excludes halogenated alkanes) is 3. The molecule has 0 atom stereocenters. The molecule has 1 aromatic carbocycles. The van der Waals surface area contributed by atoms with Crippen LogP contribution in [-0.4, -0.2) is 19.2 Å². The van der Waals surface area contributed by atoms with E-state index in [0.717, 1.165) is 24.0 Å². The van der Waals surface area contributed by atoms with E-state index >= 15 is 0 Å². The first-order valence-electron chi connectivity index (χ1n) is 9.03. The summed E-state index contributed by atoms with van der Waals surface area (Å²) in [6.45, 7) is 5.71. The molecule has 0 unspecified atom stereocenters. The van der Waals surface area contributed by atoms with Gasteiger partial charge in [0, 0.05) is 19.3 Å². The molecule has 1 rings (SSSR count). The molecule has 0 N–H and O–H groups in total. The Morgan fingerprint density at radius 3 is 2.67 bits per heavy atom. The first-order chi connectivity index (χ1) is 11.8. The van der Waals surface area contributed by atoms with Gasteiger partial charge in [-0.3, -0.25) is 4.79 Å². The predicted molar refractivity (Wildman–Crippen MR) is 97.6 cm³/mol. The lowest BCUT2D eigenvalue weighted by Crippen LogP contribution is -2.05. The molecule has 0 aliphatic heterocycles. The van der Waals surface area contributed by atoms with Crippen molar-refractivity contribution < 1.29 is 14.3 Å². The minimum Gasteiger partial charge on any atom is -0.466 e. The van der Waals surface area contributed by atoms with E-state index in [4.69, 9.17) is 9.47 Å². The van der Waals surface area contributed by atoms with E-state index in [9.17, 15) is 4.79 Å². The second-order valence-electron chi connectivity index (χ2n) is 5.74. The molecular weight excluding hydrogens is 300 g/mol. The molecule has 0 amide bonds. The van der Waals surface area contributed by atoms with E-state index in [1.165, 1.54) is 19.3 Å². The second-order valence-corrected chi connectivity index (χ2v) is 5.74. The average Bonchev–Trinajstić information content (AvgIpc) is 2.59. The molecule has 0 aliphatic carbocycles. The van der Waals surface area contributed by atoms with Gasteiger partial charge < -0.3 is 9.47 Å². The van der Waals surface area contributed by atoms with Gasteiger partial charge in [0.2, 0.25) is 0 Å². The van der Waals surface area contributed by atoms with Crippen LogP contribution in [0.2, 0.25) is 0 Å². The molecule has 24 heavy (non-hydrogen) atoms. The Balaban J connectivity index is 2.21. The van der Waals surface area contributed by atoms with Gasteiger partial charge in [0.1, 0.15) is 0 Å². The number of hydrogen-bond donors (Lipinski definition) is 0. The summed E-state index contributed by atoms with van der Waals surface area (Å²) >= 11 is 0. The van der Waals surface area contributed by atoms with Crippen molar-refractivity contribution in [2.75, 3.05) is 13.2 Å². The fourth-order valence-electron chi connectivity index (χ4n) is 2.31. The molecular formula is C21H30O3. The van der Waals surface area contributed by atoms with Crippen LogP contribution in [0.3, 0.4) is 0 Å². The Morgan fingerprint density at radius 2 is 1.88 bits per heavy atom. The summed E-state index contributed by atoms with van der Waals surface area (Å²) in [5.41, 5.74) is 2.27. The number of carbonyl (C=O) groups is 1. The number of benzene rings is 1. The summed E-state index contributed by atoms with van der Waals surface area (Å²) < 4.78 is 10.6. The molecule has 0 aromatic heterocycles. The fourth-order valence-corrected chi connectivity index (χ4v) is 2.31. The van der Waals surface area contributed by atoms with E-state index in [2.05, 4.69) is 24.8 Å². The maximum Gasteiger partial charge on any atom is 0.306 e. The third-order valence-corrected chi connectivity index (χ3v) is 3.58. The molecule has 0 radical (unpaired) electrons. The van der Waals surface area contributed by atoms with E-state index in [0.29, 0.717) is 32.7 Å². The topological polar surface area (TPSA) is 35.5 Å². The van der Waals surface area contributed by atoms with E-state index in [-0.39, 0.29) is 5.97 Å². The van der Waals surface area contributed by atoms with Crippen molar-refractivity contribution in [2.45, 2.75) is 65.4 Å². The van der Waals surface area contributed by atoms with Crippen molar-refractivity contribution in [1.82, 2.24) is 0 Å². The summed E-state index contributed by atoms with van der Waals surface area (Å²) in [7, 11) is 0. The quantitative estimate of drug-likeness (QED) is 0.336. The molecule has 0 saturated heterocycles. The van der Waals surface area contributed by atoms with Crippen LogP contribution in [0.15, 0.2) is 24.3 Å². The molecule has 0 bridgehead atoms. The highest BCUT2D eigenvalue weighted by Gasteiger charge is 2.03. The van der Waals surface area contributed by atoms with E-state index < -0.39 is 0 Å². The van der Waals surface area contributed by atoms with Crippen molar-refractivity contribution >= 4 is 5.97 Å².